The molecule has 0 bridgehead atoms. The van der Waals surface area contributed by atoms with Crippen LogP contribution in [0.3, 0.4) is 0 Å². The minimum absolute atomic E-state index is 0.452. The van der Waals surface area contributed by atoms with Crippen molar-refractivity contribution in [3.63, 3.8) is 0 Å². The van der Waals surface area contributed by atoms with Crippen LogP contribution in [-0.2, 0) is 9.84 Å². The fraction of sp³-hybridized carbons (Fsp3) is 1.00. The van der Waals surface area contributed by atoms with Crippen LogP contribution in [0.2, 0.25) is 18.8 Å². The van der Waals surface area contributed by atoms with Crippen LogP contribution in [-0.4, -0.2) is 38.3 Å². The van der Waals surface area contributed by atoms with Crippen molar-refractivity contribution in [1.82, 2.24) is 0 Å². The Morgan fingerprint density at radius 2 is 1.73 bits per heavy atom. The summed E-state index contributed by atoms with van der Waals surface area (Å²) in [5.41, 5.74) is 0. The Bertz CT molecular complexity index is 231. The minimum atomic E-state index is -2.64. The summed E-state index contributed by atoms with van der Waals surface area (Å²) < 4.78 is 24.7. The van der Waals surface area contributed by atoms with Gasteiger partial charge < -0.3 is 0 Å². The first-order valence-electron chi connectivity index (χ1n) is 4.12. The third-order valence-electron chi connectivity index (χ3n) is 2.40. The van der Waals surface area contributed by atoms with E-state index in [9.17, 15) is 8.42 Å². The van der Waals surface area contributed by atoms with E-state index in [1.807, 2.05) is 0 Å². The number of rotatable bonds is 0. The molecule has 0 amide bonds. The molecule has 4 heteroatoms. The van der Waals surface area contributed by atoms with Crippen molar-refractivity contribution < 1.29 is 8.42 Å². The van der Waals surface area contributed by atoms with Crippen LogP contribution in [0.15, 0.2) is 0 Å². The molecule has 0 atom stereocenters. The zero-order chi connectivity index (χ0) is 8.54. The monoisotopic (exact) mass is 284 g/mol. The summed E-state index contributed by atoms with van der Waals surface area (Å²) >= 11 is -1.80. The average Bonchev–Trinajstić information content (AvgIpc) is 1.92. The zero-order valence-electron chi connectivity index (χ0n) is 7.26. The summed E-state index contributed by atoms with van der Waals surface area (Å²) in [5, 5.41) is 0. The van der Waals surface area contributed by atoms with Gasteiger partial charge in [0.15, 0.2) is 0 Å². The van der Waals surface area contributed by atoms with Crippen LogP contribution in [0.25, 0.3) is 0 Å². The Morgan fingerprint density at radius 3 is 2.36 bits per heavy atom. The molecule has 1 aliphatic heterocycles. The Kier molecular flexibility index (Phi) is 2.90. The van der Waals surface area contributed by atoms with Crippen molar-refractivity contribution in [2.45, 2.75) is 25.2 Å². The predicted octanol–water partition coefficient (Wildman–Crippen LogP) is 1.51. The van der Waals surface area contributed by atoms with Gasteiger partial charge in [-0.2, -0.15) is 0 Å². The van der Waals surface area contributed by atoms with E-state index < -0.39 is 28.2 Å². The Hall–Kier alpha value is 0.749. The van der Waals surface area contributed by atoms with Crippen molar-refractivity contribution in [2.24, 2.45) is 0 Å². The van der Waals surface area contributed by atoms with Gasteiger partial charge in [0, 0.05) is 0 Å². The van der Waals surface area contributed by atoms with Gasteiger partial charge in [-0.15, -0.1) is 0 Å². The number of hydrogen-bond donors (Lipinski definition) is 0. The molecular weight excluding hydrogens is 267 g/mol. The molecule has 0 aromatic carbocycles. The molecule has 11 heavy (non-hydrogen) atoms. The first-order chi connectivity index (χ1) is 4.91. The van der Waals surface area contributed by atoms with Crippen LogP contribution >= 0.6 is 0 Å². The van der Waals surface area contributed by atoms with Gasteiger partial charge >= 0.3 is 73.3 Å². The van der Waals surface area contributed by atoms with Crippen LogP contribution in [0.4, 0.5) is 0 Å². The maximum atomic E-state index is 11.2. The summed E-state index contributed by atoms with van der Waals surface area (Å²) in [5.74, 6) is 0.934. The maximum absolute atomic E-state index is 11.2. The fourth-order valence-corrected chi connectivity index (χ4v) is 15.2. The molecule has 0 aliphatic carbocycles. The molecule has 0 aromatic rings. The van der Waals surface area contributed by atoms with Gasteiger partial charge in [-0.3, -0.25) is 0 Å². The standard InChI is InChI=1S/C5H10O2S.2CH3.Sn/c1-3-5-8(6,7)4-2;;;/h1-5H2;2*1H3;. The van der Waals surface area contributed by atoms with E-state index in [4.69, 9.17) is 0 Å². The molecule has 0 N–H and O–H groups in total. The van der Waals surface area contributed by atoms with Gasteiger partial charge in [-0.25, -0.2) is 0 Å². The molecule has 1 fully saturated rings. The molecular formula is C7H16O2SSn. The second-order valence-corrected chi connectivity index (χ2v) is 21.7. The van der Waals surface area contributed by atoms with Gasteiger partial charge in [0.1, 0.15) is 0 Å². The first-order valence-corrected chi connectivity index (χ1v) is 15.7. The average molecular weight is 283 g/mol. The summed E-state index contributed by atoms with van der Waals surface area (Å²) in [4.78, 5) is 4.71. The van der Waals surface area contributed by atoms with Crippen LogP contribution < -0.4 is 0 Å². The predicted molar refractivity (Wildman–Crippen MR) is 50.4 cm³/mol. The van der Waals surface area contributed by atoms with E-state index >= 15 is 0 Å². The van der Waals surface area contributed by atoms with Crippen molar-refractivity contribution in [3.8, 4) is 0 Å². The van der Waals surface area contributed by atoms with E-state index in [2.05, 4.69) is 9.88 Å². The van der Waals surface area contributed by atoms with Crippen molar-refractivity contribution in [3.05, 3.63) is 0 Å². The quantitative estimate of drug-likeness (QED) is 0.631. The fourth-order valence-electron chi connectivity index (χ4n) is 1.43. The molecule has 2 nitrogen and oxygen atoms in total. The molecule has 0 aromatic heterocycles. The van der Waals surface area contributed by atoms with Gasteiger partial charge in [0.05, 0.1) is 0 Å². The Labute approximate surface area is 73.2 Å². The Balaban J connectivity index is 2.68. The summed E-state index contributed by atoms with van der Waals surface area (Å²) in [6.45, 7) is 0. The third-order valence-corrected chi connectivity index (χ3v) is 14.6. The number of hydrogen-bond acceptors (Lipinski definition) is 2. The van der Waals surface area contributed by atoms with E-state index in [1.165, 1.54) is 4.44 Å². The van der Waals surface area contributed by atoms with Crippen molar-refractivity contribution in [2.75, 3.05) is 11.5 Å². The van der Waals surface area contributed by atoms with E-state index in [0.29, 0.717) is 11.5 Å². The van der Waals surface area contributed by atoms with E-state index in [1.54, 1.807) is 0 Å². The molecule has 0 saturated carbocycles. The first kappa shape index (κ1) is 9.83. The second kappa shape index (κ2) is 3.24. The molecule has 1 heterocycles. The SMILES string of the molecule is [CH3][Sn]1([CH3])[CH2]CCS(=O)(=O)C[CH2]1. The van der Waals surface area contributed by atoms with Crippen molar-refractivity contribution >= 4 is 28.2 Å². The second-order valence-electron chi connectivity index (χ2n) is 4.17. The normalized spacial score (nSPS) is 29.3. The molecule has 1 rings (SSSR count). The molecule has 1 saturated heterocycles. The van der Waals surface area contributed by atoms with Gasteiger partial charge in [0.2, 0.25) is 0 Å². The summed E-state index contributed by atoms with van der Waals surface area (Å²) in [7, 11) is -2.64. The number of sulfone groups is 1. The molecule has 1 aliphatic rings. The van der Waals surface area contributed by atoms with Gasteiger partial charge in [0.25, 0.3) is 0 Å². The van der Waals surface area contributed by atoms with Crippen molar-refractivity contribution in [1.29, 1.82) is 0 Å². The molecule has 0 spiro atoms. The molecule has 0 unspecified atom stereocenters. The Morgan fingerprint density at radius 1 is 1.09 bits per heavy atom. The third kappa shape index (κ3) is 3.32. The van der Waals surface area contributed by atoms with E-state index in [0.717, 1.165) is 10.9 Å². The van der Waals surface area contributed by atoms with Gasteiger partial charge in [-0.05, 0) is 0 Å². The molecule has 0 radical (unpaired) electrons. The summed E-state index contributed by atoms with van der Waals surface area (Å²) in [6, 6.07) is 0. The molecule has 66 valence electrons. The topological polar surface area (TPSA) is 34.1 Å². The van der Waals surface area contributed by atoms with Crippen LogP contribution in [0.5, 0.6) is 0 Å². The van der Waals surface area contributed by atoms with Gasteiger partial charge in [-0.1, -0.05) is 0 Å². The summed E-state index contributed by atoms with van der Waals surface area (Å²) in [6.07, 6.45) is 0.936. The van der Waals surface area contributed by atoms with Crippen LogP contribution in [0, 0.1) is 0 Å². The van der Waals surface area contributed by atoms with Crippen LogP contribution in [0.1, 0.15) is 6.42 Å². The zero-order valence-corrected chi connectivity index (χ0v) is 10.9. The van der Waals surface area contributed by atoms with E-state index in [-0.39, 0.29) is 0 Å².